The van der Waals surface area contributed by atoms with E-state index in [0.29, 0.717) is 6.04 Å². The normalized spacial score (nSPS) is 19.9. The molecule has 0 atom stereocenters. The molecule has 0 bridgehead atoms. The average Bonchev–Trinajstić information content (AvgIpc) is 2.02. The van der Waals surface area contributed by atoms with Gasteiger partial charge in [-0.15, -0.1) is 0 Å². The largest absolute Gasteiger partial charge is 0.343 e. The number of hydrogen-bond acceptors (Lipinski definition) is 2. The van der Waals surface area contributed by atoms with Gasteiger partial charge in [-0.2, -0.15) is 0 Å². The molecule has 0 radical (unpaired) electrons. The van der Waals surface area contributed by atoms with Crippen LogP contribution in [0.3, 0.4) is 0 Å². The number of nitrogens with zero attached hydrogens (tertiary/aromatic N) is 1. The molecular formula is C11H22N2O. The minimum atomic E-state index is 0.184. The number of rotatable bonds is 1. The zero-order valence-electron chi connectivity index (χ0n) is 9.76. The highest BCUT2D eigenvalue weighted by molar-refractivity contribution is 5.73. The molecule has 1 aliphatic heterocycles. The lowest BCUT2D eigenvalue weighted by Gasteiger charge is -2.35. The molecule has 0 aromatic rings. The SMILES string of the molecule is CC(=O)N1CCC(NC(C)(C)C)CC1. The summed E-state index contributed by atoms with van der Waals surface area (Å²) in [6.45, 7) is 10.0. The molecule has 1 aliphatic rings. The molecule has 1 amide bonds. The summed E-state index contributed by atoms with van der Waals surface area (Å²) < 4.78 is 0. The lowest BCUT2D eigenvalue weighted by atomic mass is 10.00. The van der Waals surface area contributed by atoms with E-state index in [1.165, 1.54) is 0 Å². The van der Waals surface area contributed by atoms with Crippen LogP contribution in [0.25, 0.3) is 0 Å². The number of likely N-dealkylation sites (tertiary alicyclic amines) is 1. The smallest absolute Gasteiger partial charge is 0.219 e. The highest BCUT2D eigenvalue weighted by Gasteiger charge is 2.23. The molecule has 0 unspecified atom stereocenters. The van der Waals surface area contributed by atoms with Crippen molar-refractivity contribution < 1.29 is 4.79 Å². The minimum absolute atomic E-state index is 0.184. The highest BCUT2D eigenvalue weighted by atomic mass is 16.2. The molecule has 0 aromatic carbocycles. The van der Waals surface area contributed by atoms with E-state index in [4.69, 9.17) is 0 Å². The molecular weight excluding hydrogens is 176 g/mol. The van der Waals surface area contributed by atoms with Crippen molar-refractivity contribution in [1.29, 1.82) is 0 Å². The maximum atomic E-state index is 11.1. The Balaban J connectivity index is 2.33. The van der Waals surface area contributed by atoms with Crippen molar-refractivity contribution in [2.45, 2.75) is 52.1 Å². The molecule has 0 saturated carbocycles. The van der Waals surface area contributed by atoms with Crippen molar-refractivity contribution in [3.63, 3.8) is 0 Å². The number of amides is 1. The molecule has 3 nitrogen and oxygen atoms in total. The monoisotopic (exact) mass is 198 g/mol. The average molecular weight is 198 g/mol. The first-order chi connectivity index (χ1) is 6.38. The van der Waals surface area contributed by atoms with Crippen molar-refractivity contribution in [2.75, 3.05) is 13.1 Å². The summed E-state index contributed by atoms with van der Waals surface area (Å²) in [5.41, 5.74) is 0.184. The lowest BCUT2D eigenvalue weighted by molar-refractivity contribution is -0.129. The van der Waals surface area contributed by atoms with E-state index >= 15 is 0 Å². The topological polar surface area (TPSA) is 32.3 Å². The predicted octanol–water partition coefficient (Wildman–Crippen LogP) is 1.39. The van der Waals surface area contributed by atoms with Crippen LogP contribution in [0.5, 0.6) is 0 Å². The Morgan fingerprint density at radius 2 is 1.79 bits per heavy atom. The summed E-state index contributed by atoms with van der Waals surface area (Å²) in [5.74, 6) is 0.208. The van der Waals surface area contributed by atoms with Gasteiger partial charge in [0, 0.05) is 31.6 Å². The molecule has 0 spiro atoms. The van der Waals surface area contributed by atoms with Gasteiger partial charge in [0.15, 0.2) is 0 Å². The summed E-state index contributed by atoms with van der Waals surface area (Å²) in [6, 6.07) is 0.575. The third-order valence-corrected chi connectivity index (χ3v) is 2.58. The second kappa shape index (κ2) is 4.30. The molecule has 1 N–H and O–H groups in total. The number of hydrogen-bond donors (Lipinski definition) is 1. The third-order valence-electron chi connectivity index (χ3n) is 2.58. The van der Waals surface area contributed by atoms with Crippen LogP contribution in [0.2, 0.25) is 0 Å². The standard InChI is InChI=1S/C11H22N2O/c1-9(14)13-7-5-10(6-8-13)12-11(2,3)4/h10,12H,5-8H2,1-4H3. The van der Waals surface area contributed by atoms with Gasteiger partial charge in [0.2, 0.25) is 5.91 Å². The van der Waals surface area contributed by atoms with Crippen LogP contribution in [-0.4, -0.2) is 35.5 Å². The molecule has 0 aliphatic carbocycles. The Morgan fingerprint density at radius 3 is 2.14 bits per heavy atom. The minimum Gasteiger partial charge on any atom is -0.343 e. The molecule has 0 aromatic heterocycles. The lowest BCUT2D eigenvalue weighted by Crippen LogP contribution is -2.50. The van der Waals surface area contributed by atoms with E-state index in [1.54, 1.807) is 6.92 Å². The Bertz CT molecular complexity index is 200. The van der Waals surface area contributed by atoms with Crippen LogP contribution in [0, 0.1) is 0 Å². The number of carbonyl (C=O) groups excluding carboxylic acids is 1. The summed E-state index contributed by atoms with van der Waals surface area (Å²) in [7, 11) is 0. The number of nitrogens with one attached hydrogen (secondary N) is 1. The summed E-state index contributed by atoms with van der Waals surface area (Å²) in [4.78, 5) is 13.0. The molecule has 1 heterocycles. The van der Waals surface area contributed by atoms with Crippen molar-refractivity contribution in [3.8, 4) is 0 Å². The van der Waals surface area contributed by atoms with Crippen molar-refractivity contribution in [1.82, 2.24) is 10.2 Å². The van der Waals surface area contributed by atoms with Gasteiger partial charge >= 0.3 is 0 Å². The fraction of sp³-hybridized carbons (Fsp3) is 0.909. The second-order valence-electron chi connectivity index (χ2n) is 5.17. The van der Waals surface area contributed by atoms with Crippen LogP contribution in [0.4, 0.5) is 0 Å². The third kappa shape index (κ3) is 3.66. The number of piperidine rings is 1. The first kappa shape index (κ1) is 11.5. The molecule has 3 heteroatoms. The Kier molecular flexibility index (Phi) is 3.53. The second-order valence-corrected chi connectivity index (χ2v) is 5.17. The molecule has 1 saturated heterocycles. The van der Waals surface area contributed by atoms with Gasteiger partial charge in [-0.25, -0.2) is 0 Å². The maximum Gasteiger partial charge on any atom is 0.219 e. The van der Waals surface area contributed by atoms with E-state index < -0.39 is 0 Å². The maximum absolute atomic E-state index is 11.1. The van der Waals surface area contributed by atoms with Crippen LogP contribution in [-0.2, 0) is 4.79 Å². The Hall–Kier alpha value is -0.570. The van der Waals surface area contributed by atoms with E-state index in [0.717, 1.165) is 25.9 Å². The van der Waals surface area contributed by atoms with Crippen LogP contribution in [0.15, 0.2) is 0 Å². The summed E-state index contributed by atoms with van der Waals surface area (Å²) in [6.07, 6.45) is 2.16. The quantitative estimate of drug-likeness (QED) is 0.690. The first-order valence-electron chi connectivity index (χ1n) is 5.42. The highest BCUT2D eigenvalue weighted by Crippen LogP contribution is 2.13. The van der Waals surface area contributed by atoms with Gasteiger partial charge < -0.3 is 10.2 Å². The summed E-state index contributed by atoms with van der Waals surface area (Å²) in [5, 5.41) is 3.58. The molecule has 1 fully saturated rings. The zero-order valence-corrected chi connectivity index (χ0v) is 9.76. The van der Waals surface area contributed by atoms with Crippen LogP contribution < -0.4 is 5.32 Å². The van der Waals surface area contributed by atoms with E-state index in [-0.39, 0.29) is 11.4 Å². The van der Waals surface area contributed by atoms with Gasteiger partial charge in [0.25, 0.3) is 0 Å². The first-order valence-corrected chi connectivity index (χ1v) is 5.42. The van der Waals surface area contributed by atoms with Crippen LogP contribution in [0.1, 0.15) is 40.5 Å². The fourth-order valence-electron chi connectivity index (χ4n) is 1.95. The van der Waals surface area contributed by atoms with Gasteiger partial charge in [0.05, 0.1) is 0 Å². The predicted molar refractivity (Wildman–Crippen MR) is 58.2 cm³/mol. The zero-order chi connectivity index (χ0) is 10.8. The van der Waals surface area contributed by atoms with Gasteiger partial charge in [-0.1, -0.05) is 0 Å². The fourth-order valence-corrected chi connectivity index (χ4v) is 1.95. The summed E-state index contributed by atoms with van der Waals surface area (Å²) >= 11 is 0. The van der Waals surface area contributed by atoms with Gasteiger partial charge in [-0.05, 0) is 33.6 Å². The Labute approximate surface area is 86.9 Å². The van der Waals surface area contributed by atoms with Crippen molar-refractivity contribution in [2.24, 2.45) is 0 Å². The van der Waals surface area contributed by atoms with Crippen molar-refractivity contribution >= 4 is 5.91 Å². The van der Waals surface area contributed by atoms with E-state index in [1.807, 2.05) is 4.90 Å². The van der Waals surface area contributed by atoms with Crippen molar-refractivity contribution in [3.05, 3.63) is 0 Å². The Morgan fingerprint density at radius 1 is 1.29 bits per heavy atom. The van der Waals surface area contributed by atoms with Crippen LogP contribution >= 0.6 is 0 Å². The number of carbonyl (C=O) groups is 1. The van der Waals surface area contributed by atoms with Gasteiger partial charge in [0.1, 0.15) is 0 Å². The van der Waals surface area contributed by atoms with Gasteiger partial charge in [-0.3, -0.25) is 4.79 Å². The van der Waals surface area contributed by atoms with E-state index in [9.17, 15) is 4.79 Å². The molecule has 14 heavy (non-hydrogen) atoms. The molecule has 82 valence electrons. The molecule has 1 rings (SSSR count). The van der Waals surface area contributed by atoms with E-state index in [2.05, 4.69) is 26.1 Å².